The van der Waals surface area contributed by atoms with Gasteiger partial charge in [0.1, 0.15) is 5.75 Å². The fourth-order valence-corrected chi connectivity index (χ4v) is 2.56. The number of amides is 1. The third kappa shape index (κ3) is 5.62. The molecule has 0 spiro atoms. The highest BCUT2D eigenvalue weighted by Crippen LogP contribution is 2.26. The lowest BCUT2D eigenvalue weighted by atomic mass is 10.1. The van der Waals surface area contributed by atoms with Crippen LogP contribution in [0.15, 0.2) is 42.5 Å². The number of anilines is 1. The van der Waals surface area contributed by atoms with E-state index in [1.807, 2.05) is 0 Å². The molecule has 0 aliphatic carbocycles. The normalized spacial score (nSPS) is 11.2. The van der Waals surface area contributed by atoms with Crippen molar-refractivity contribution in [1.82, 2.24) is 0 Å². The molecule has 2 aromatic carbocycles. The van der Waals surface area contributed by atoms with Crippen molar-refractivity contribution in [2.45, 2.75) is 19.2 Å². The molecule has 0 fully saturated rings. The Balaban J connectivity index is 1.91. The van der Waals surface area contributed by atoms with Crippen molar-refractivity contribution >= 4 is 34.8 Å². The number of carbonyl (C=O) groups excluding carboxylic acids is 1. The van der Waals surface area contributed by atoms with Gasteiger partial charge >= 0.3 is 6.36 Å². The van der Waals surface area contributed by atoms with Crippen LogP contribution in [0.1, 0.15) is 12.0 Å². The van der Waals surface area contributed by atoms with Gasteiger partial charge in [0.2, 0.25) is 5.91 Å². The molecule has 1 N–H and O–H groups in total. The predicted octanol–water partition coefficient (Wildman–Crippen LogP) is 5.46. The lowest BCUT2D eigenvalue weighted by molar-refractivity contribution is -0.274. The van der Waals surface area contributed by atoms with Gasteiger partial charge in [-0.25, -0.2) is 0 Å². The van der Waals surface area contributed by atoms with E-state index in [1.54, 1.807) is 18.2 Å². The minimum Gasteiger partial charge on any atom is -0.406 e. The van der Waals surface area contributed by atoms with Crippen molar-refractivity contribution in [3.8, 4) is 5.75 Å². The molecular weight excluding hydrogens is 366 g/mol. The van der Waals surface area contributed by atoms with Gasteiger partial charge < -0.3 is 10.1 Å². The molecule has 0 aliphatic heterocycles. The van der Waals surface area contributed by atoms with E-state index >= 15 is 0 Å². The van der Waals surface area contributed by atoms with Crippen LogP contribution in [0.2, 0.25) is 10.0 Å². The Morgan fingerprint density at radius 1 is 1.04 bits per heavy atom. The first kappa shape index (κ1) is 18.4. The first-order valence-electron chi connectivity index (χ1n) is 6.83. The van der Waals surface area contributed by atoms with Gasteiger partial charge in [-0.05, 0) is 48.4 Å². The van der Waals surface area contributed by atoms with Crippen LogP contribution in [-0.4, -0.2) is 12.3 Å². The summed E-state index contributed by atoms with van der Waals surface area (Å²) in [6.45, 7) is 0. The van der Waals surface area contributed by atoms with Crippen LogP contribution >= 0.6 is 23.2 Å². The Bertz CT molecular complexity index is 698. The standard InChI is InChI=1S/C16H12Cl2F3NO2/c17-13-2-1-3-14(18)12(13)8-9-15(23)22-10-4-6-11(7-5-10)24-16(19,20)21/h1-7H,8-9H2,(H,22,23). The number of carbonyl (C=O) groups is 1. The number of alkyl halides is 3. The average molecular weight is 378 g/mol. The third-order valence-electron chi connectivity index (χ3n) is 3.04. The average Bonchev–Trinajstić information content (AvgIpc) is 2.47. The van der Waals surface area contributed by atoms with Crippen molar-refractivity contribution in [2.75, 3.05) is 5.32 Å². The Morgan fingerprint density at radius 2 is 1.62 bits per heavy atom. The van der Waals surface area contributed by atoms with E-state index in [9.17, 15) is 18.0 Å². The fraction of sp³-hybridized carbons (Fsp3) is 0.188. The number of halogens is 5. The summed E-state index contributed by atoms with van der Waals surface area (Å²) in [4.78, 5) is 11.9. The molecule has 0 saturated carbocycles. The monoisotopic (exact) mass is 377 g/mol. The molecule has 0 heterocycles. The zero-order chi connectivity index (χ0) is 17.7. The maximum absolute atomic E-state index is 12.1. The molecule has 8 heteroatoms. The fourth-order valence-electron chi connectivity index (χ4n) is 1.97. The summed E-state index contributed by atoms with van der Waals surface area (Å²) in [6.07, 6.45) is -4.27. The van der Waals surface area contributed by atoms with Crippen molar-refractivity contribution in [1.29, 1.82) is 0 Å². The zero-order valence-corrected chi connectivity index (χ0v) is 13.7. The molecule has 2 aromatic rings. The highest BCUT2D eigenvalue weighted by Gasteiger charge is 2.30. The van der Waals surface area contributed by atoms with E-state index in [0.717, 1.165) is 12.1 Å². The molecule has 0 radical (unpaired) electrons. The Hall–Kier alpha value is -1.92. The summed E-state index contributed by atoms with van der Waals surface area (Å²) in [5.41, 5.74) is 1.03. The minimum atomic E-state index is -4.75. The summed E-state index contributed by atoms with van der Waals surface area (Å²) in [7, 11) is 0. The topological polar surface area (TPSA) is 38.3 Å². The molecule has 0 saturated heterocycles. The predicted molar refractivity (Wildman–Crippen MR) is 86.5 cm³/mol. The third-order valence-corrected chi connectivity index (χ3v) is 3.74. The van der Waals surface area contributed by atoms with Crippen molar-refractivity contribution in [3.05, 3.63) is 58.1 Å². The van der Waals surface area contributed by atoms with Gasteiger partial charge in [0.15, 0.2) is 0 Å². The van der Waals surface area contributed by atoms with Gasteiger partial charge in [-0.2, -0.15) is 0 Å². The number of rotatable bonds is 5. The molecule has 0 bridgehead atoms. The largest absolute Gasteiger partial charge is 0.573 e. The second kappa shape index (κ2) is 7.77. The SMILES string of the molecule is O=C(CCc1c(Cl)cccc1Cl)Nc1ccc(OC(F)(F)F)cc1. The van der Waals surface area contributed by atoms with Crippen LogP contribution in [0.4, 0.5) is 18.9 Å². The zero-order valence-electron chi connectivity index (χ0n) is 12.2. The summed E-state index contributed by atoms with van der Waals surface area (Å²) in [5, 5.41) is 3.53. The first-order valence-corrected chi connectivity index (χ1v) is 7.59. The van der Waals surface area contributed by atoms with E-state index in [1.165, 1.54) is 12.1 Å². The van der Waals surface area contributed by atoms with Crippen molar-refractivity contribution in [3.63, 3.8) is 0 Å². The first-order chi connectivity index (χ1) is 11.2. The number of hydrogen-bond acceptors (Lipinski definition) is 2. The van der Waals surface area contributed by atoms with E-state index in [4.69, 9.17) is 23.2 Å². The van der Waals surface area contributed by atoms with E-state index in [-0.39, 0.29) is 18.1 Å². The van der Waals surface area contributed by atoms with Crippen molar-refractivity contribution in [2.24, 2.45) is 0 Å². The van der Waals surface area contributed by atoms with E-state index in [0.29, 0.717) is 27.7 Å². The quantitative estimate of drug-likeness (QED) is 0.750. The van der Waals surface area contributed by atoms with Crippen LogP contribution < -0.4 is 10.1 Å². The second-order valence-corrected chi connectivity index (χ2v) is 5.63. The lowest BCUT2D eigenvalue weighted by Crippen LogP contribution is -2.17. The minimum absolute atomic E-state index is 0.129. The molecule has 0 unspecified atom stereocenters. The Kier molecular flexibility index (Phi) is 5.96. The molecule has 3 nitrogen and oxygen atoms in total. The molecule has 0 aromatic heterocycles. The van der Waals surface area contributed by atoms with Gasteiger partial charge in [-0.1, -0.05) is 29.3 Å². The maximum atomic E-state index is 12.1. The van der Waals surface area contributed by atoms with Crippen molar-refractivity contribution < 1.29 is 22.7 Å². The highest BCUT2D eigenvalue weighted by atomic mass is 35.5. The van der Waals surface area contributed by atoms with Gasteiger partial charge in [-0.3, -0.25) is 4.79 Å². The van der Waals surface area contributed by atoms with E-state index < -0.39 is 6.36 Å². The van der Waals surface area contributed by atoms with Crippen LogP contribution in [-0.2, 0) is 11.2 Å². The summed E-state index contributed by atoms with van der Waals surface area (Å²) >= 11 is 12.0. The molecule has 1 amide bonds. The molecule has 24 heavy (non-hydrogen) atoms. The number of nitrogens with one attached hydrogen (secondary N) is 1. The smallest absolute Gasteiger partial charge is 0.406 e. The van der Waals surface area contributed by atoms with Crippen LogP contribution in [0, 0.1) is 0 Å². The Labute approximate surface area is 146 Å². The summed E-state index contributed by atoms with van der Waals surface area (Å²) in [5.74, 6) is -0.668. The Morgan fingerprint density at radius 3 is 2.17 bits per heavy atom. The molecule has 128 valence electrons. The summed E-state index contributed by atoms with van der Waals surface area (Å²) < 4.78 is 39.9. The van der Waals surface area contributed by atoms with Gasteiger partial charge in [0, 0.05) is 22.2 Å². The summed E-state index contributed by atoms with van der Waals surface area (Å²) in [6, 6.07) is 9.95. The second-order valence-electron chi connectivity index (χ2n) is 4.82. The van der Waals surface area contributed by atoms with Crippen LogP contribution in [0.3, 0.4) is 0 Å². The number of hydrogen-bond donors (Lipinski definition) is 1. The van der Waals surface area contributed by atoms with Gasteiger partial charge in [-0.15, -0.1) is 13.2 Å². The molecule has 0 aliphatic rings. The van der Waals surface area contributed by atoms with Crippen LogP contribution in [0.25, 0.3) is 0 Å². The molecule has 2 rings (SSSR count). The molecule has 0 atom stereocenters. The number of benzene rings is 2. The maximum Gasteiger partial charge on any atom is 0.573 e. The lowest BCUT2D eigenvalue weighted by Gasteiger charge is -2.10. The van der Waals surface area contributed by atoms with Gasteiger partial charge in [0.25, 0.3) is 0 Å². The van der Waals surface area contributed by atoms with E-state index in [2.05, 4.69) is 10.1 Å². The van der Waals surface area contributed by atoms with Crippen LogP contribution in [0.5, 0.6) is 5.75 Å². The van der Waals surface area contributed by atoms with Gasteiger partial charge in [0.05, 0.1) is 0 Å². The molecular formula is C16H12Cl2F3NO2. The number of ether oxygens (including phenoxy) is 1. The highest BCUT2D eigenvalue weighted by molar-refractivity contribution is 6.36.